The fraction of sp³-hybridized carbons (Fsp3) is 0.231. The van der Waals surface area contributed by atoms with Crippen molar-refractivity contribution in [2.24, 2.45) is 0 Å². The number of aromatic nitrogens is 2. The summed E-state index contributed by atoms with van der Waals surface area (Å²) in [5, 5.41) is 8.63. The van der Waals surface area contributed by atoms with Crippen molar-refractivity contribution in [1.29, 1.82) is 0 Å². The monoisotopic (exact) mass is 324 g/mol. The summed E-state index contributed by atoms with van der Waals surface area (Å²) in [4.78, 5) is 0. The van der Waals surface area contributed by atoms with E-state index >= 15 is 0 Å². The Hall–Kier alpha value is -1.07. The SMILES string of the molecule is C=C(Br)CSc1nnc(-c2cc(C)cc(C)c2)o1. The van der Waals surface area contributed by atoms with Crippen LogP contribution in [0, 0.1) is 13.8 Å². The van der Waals surface area contributed by atoms with Gasteiger partial charge in [-0.3, -0.25) is 0 Å². The van der Waals surface area contributed by atoms with Crippen molar-refractivity contribution in [3.63, 3.8) is 0 Å². The molecule has 0 bridgehead atoms. The van der Waals surface area contributed by atoms with Gasteiger partial charge in [0.1, 0.15) is 0 Å². The molecule has 0 fully saturated rings. The van der Waals surface area contributed by atoms with Crippen molar-refractivity contribution in [3.8, 4) is 11.5 Å². The lowest BCUT2D eigenvalue weighted by Gasteiger charge is -2.00. The van der Waals surface area contributed by atoms with Crippen molar-refractivity contribution in [2.75, 3.05) is 5.75 Å². The predicted octanol–water partition coefficient (Wildman–Crippen LogP) is 4.35. The summed E-state index contributed by atoms with van der Waals surface area (Å²) in [6.45, 7) is 7.87. The smallest absolute Gasteiger partial charge is 0.277 e. The van der Waals surface area contributed by atoms with Crippen molar-refractivity contribution < 1.29 is 4.42 Å². The highest BCUT2D eigenvalue weighted by Gasteiger charge is 2.09. The van der Waals surface area contributed by atoms with Gasteiger partial charge in [0, 0.05) is 11.3 Å². The average molecular weight is 325 g/mol. The van der Waals surface area contributed by atoms with E-state index in [4.69, 9.17) is 4.42 Å². The molecule has 0 aliphatic carbocycles. The Morgan fingerprint density at radius 1 is 1.28 bits per heavy atom. The number of hydrogen-bond donors (Lipinski definition) is 0. The summed E-state index contributed by atoms with van der Waals surface area (Å²) in [6.07, 6.45) is 0. The molecular weight excluding hydrogens is 312 g/mol. The van der Waals surface area contributed by atoms with Crippen LogP contribution in [0.15, 0.2) is 38.9 Å². The summed E-state index contributed by atoms with van der Waals surface area (Å²) in [5.74, 6) is 1.28. The summed E-state index contributed by atoms with van der Waals surface area (Å²) in [5.41, 5.74) is 3.34. The molecule has 0 aliphatic heterocycles. The van der Waals surface area contributed by atoms with Gasteiger partial charge in [-0.05, 0) is 30.5 Å². The highest BCUT2D eigenvalue weighted by Crippen LogP contribution is 2.26. The number of nitrogens with zero attached hydrogens (tertiary/aromatic N) is 2. The zero-order valence-electron chi connectivity index (χ0n) is 10.2. The van der Waals surface area contributed by atoms with Crippen LogP contribution in [-0.2, 0) is 0 Å². The second-order valence-corrected chi connectivity index (χ2v) is 6.10. The van der Waals surface area contributed by atoms with Gasteiger partial charge < -0.3 is 4.42 Å². The second-order valence-electron chi connectivity index (χ2n) is 4.06. The molecule has 2 rings (SSSR count). The molecule has 5 heteroatoms. The van der Waals surface area contributed by atoms with Crippen LogP contribution in [-0.4, -0.2) is 16.0 Å². The van der Waals surface area contributed by atoms with Crippen molar-refractivity contribution in [2.45, 2.75) is 19.1 Å². The van der Waals surface area contributed by atoms with E-state index in [0.29, 0.717) is 16.9 Å². The maximum absolute atomic E-state index is 5.61. The lowest BCUT2D eigenvalue weighted by atomic mass is 10.1. The maximum Gasteiger partial charge on any atom is 0.277 e. The van der Waals surface area contributed by atoms with Crippen LogP contribution in [0.25, 0.3) is 11.5 Å². The Kier molecular flexibility index (Phi) is 4.24. The van der Waals surface area contributed by atoms with E-state index in [1.165, 1.54) is 22.9 Å². The summed E-state index contributed by atoms with van der Waals surface area (Å²) < 4.78 is 6.51. The summed E-state index contributed by atoms with van der Waals surface area (Å²) in [7, 11) is 0. The first-order chi connectivity index (χ1) is 8.54. The molecule has 0 unspecified atom stereocenters. The fourth-order valence-corrected chi connectivity index (χ4v) is 2.48. The van der Waals surface area contributed by atoms with Gasteiger partial charge in [-0.15, -0.1) is 10.2 Å². The number of hydrogen-bond acceptors (Lipinski definition) is 4. The van der Waals surface area contributed by atoms with Crippen LogP contribution >= 0.6 is 27.7 Å². The largest absolute Gasteiger partial charge is 0.411 e. The molecule has 2 aromatic rings. The molecule has 0 amide bonds. The molecule has 18 heavy (non-hydrogen) atoms. The third kappa shape index (κ3) is 3.46. The lowest BCUT2D eigenvalue weighted by Crippen LogP contribution is -1.82. The molecule has 0 saturated heterocycles. The van der Waals surface area contributed by atoms with Gasteiger partial charge in [0.25, 0.3) is 5.22 Å². The summed E-state index contributed by atoms with van der Waals surface area (Å²) in [6, 6.07) is 6.20. The molecule has 0 radical (unpaired) electrons. The summed E-state index contributed by atoms with van der Waals surface area (Å²) >= 11 is 4.76. The van der Waals surface area contributed by atoms with Crippen LogP contribution in [0.2, 0.25) is 0 Å². The van der Waals surface area contributed by atoms with Crippen LogP contribution < -0.4 is 0 Å². The van der Waals surface area contributed by atoms with E-state index in [9.17, 15) is 0 Å². The van der Waals surface area contributed by atoms with Crippen molar-refractivity contribution >= 4 is 27.7 Å². The Morgan fingerprint density at radius 3 is 2.56 bits per heavy atom. The molecule has 94 valence electrons. The molecule has 0 spiro atoms. The van der Waals surface area contributed by atoms with E-state index in [-0.39, 0.29) is 0 Å². The molecule has 0 aliphatic rings. The van der Waals surface area contributed by atoms with Crippen LogP contribution in [0.3, 0.4) is 0 Å². The van der Waals surface area contributed by atoms with Crippen LogP contribution in [0.1, 0.15) is 11.1 Å². The van der Waals surface area contributed by atoms with E-state index in [0.717, 1.165) is 10.0 Å². The zero-order chi connectivity index (χ0) is 13.1. The van der Waals surface area contributed by atoms with Crippen LogP contribution in [0.4, 0.5) is 0 Å². The average Bonchev–Trinajstić information content (AvgIpc) is 2.73. The number of thioether (sulfide) groups is 1. The lowest BCUT2D eigenvalue weighted by molar-refractivity contribution is 0.466. The molecule has 1 aromatic heterocycles. The first-order valence-electron chi connectivity index (χ1n) is 5.43. The highest BCUT2D eigenvalue weighted by atomic mass is 79.9. The Labute approximate surface area is 119 Å². The Morgan fingerprint density at radius 2 is 1.94 bits per heavy atom. The quantitative estimate of drug-likeness (QED) is 0.783. The topological polar surface area (TPSA) is 38.9 Å². The fourth-order valence-electron chi connectivity index (χ4n) is 1.62. The molecule has 0 N–H and O–H groups in total. The molecule has 0 saturated carbocycles. The van der Waals surface area contributed by atoms with Gasteiger partial charge >= 0.3 is 0 Å². The standard InChI is InChI=1S/C13H13BrN2OS/c1-8-4-9(2)6-11(5-8)12-15-16-13(17-12)18-7-10(3)14/h4-6H,3,7H2,1-2H3. The first kappa shape index (κ1) is 13.4. The Bertz CT molecular complexity index is 560. The van der Waals surface area contributed by atoms with Crippen molar-refractivity contribution in [1.82, 2.24) is 10.2 Å². The number of rotatable bonds is 4. The second kappa shape index (κ2) is 5.71. The van der Waals surface area contributed by atoms with Gasteiger partial charge in [0.2, 0.25) is 5.89 Å². The van der Waals surface area contributed by atoms with Crippen molar-refractivity contribution in [3.05, 3.63) is 40.4 Å². The van der Waals surface area contributed by atoms with Gasteiger partial charge in [-0.2, -0.15) is 0 Å². The van der Waals surface area contributed by atoms with E-state index in [2.05, 4.69) is 52.6 Å². The van der Waals surface area contributed by atoms with E-state index < -0.39 is 0 Å². The third-order valence-electron chi connectivity index (χ3n) is 2.23. The highest BCUT2D eigenvalue weighted by molar-refractivity contribution is 9.11. The molecular formula is C13H13BrN2OS. The van der Waals surface area contributed by atoms with Gasteiger partial charge in [0.15, 0.2) is 0 Å². The molecule has 0 atom stereocenters. The minimum Gasteiger partial charge on any atom is -0.411 e. The molecule has 1 aromatic carbocycles. The predicted molar refractivity (Wildman–Crippen MR) is 78.0 cm³/mol. The van der Waals surface area contributed by atoms with Gasteiger partial charge in [0.05, 0.1) is 0 Å². The van der Waals surface area contributed by atoms with E-state index in [1.807, 2.05) is 12.1 Å². The van der Waals surface area contributed by atoms with Crippen LogP contribution in [0.5, 0.6) is 0 Å². The Balaban J connectivity index is 2.21. The van der Waals surface area contributed by atoms with E-state index in [1.54, 1.807) is 0 Å². The van der Waals surface area contributed by atoms with Gasteiger partial charge in [-0.25, -0.2) is 0 Å². The first-order valence-corrected chi connectivity index (χ1v) is 7.20. The molecule has 3 nitrogen and oxygen atoms in total. The number of benzene rings is 1. The zero-order valence-corrected chi connectivity index (χ0v) is 12.6. The number of halogens is 1. The molecule has 1 heterocycles. The minimum absolute atomic E-state index is 0.560. The van der Waals surface area contributed by atoms with Gasteiger partial charge in [-0.1, -0.05) is 51.5 Å². The minimum atomic E-state index is 0.560. The third-order valence-corrected chi connectivity index (χ3v) is 3.78. The number of aryl methyl sites for hydroxylation is 2. The normalized spacial score (nSPS) is 10.6. The maximum atomic E-state index is 5.61.